The Balaban J connectivity index is 4.10. The molecule has 0 fully saturated rings. The maximum atomic E-state index is 4.53. The minimum absolute atomic E-state index is 0.428. The monoisotopic (exact) mass is 174 g/mol. The van der Waals surface area contributed by atoms with E-state index in [0.29, 0.717) is 10.7 Å². The summed E-state index contributed by atoms with van der Waals surface area (Å²) < 4.78 is 0. The zero-order chi connectivity index (χ0) is 9.07. The van der Waals surface area contributed by atoms with Crippen molar-refractivity contribution in [1.29, 1.82) is 0 Å². The van der Waals surface area contributed by atoms with Crippen LogP contribution >= 0.6 is 12.6 Å². The zero-order valence-corrected chi connectivity index (χ0v) is 9.41. The Morgan fingerprint density at radius 3 is 1.82 bits per heavy atom. The van der Waals surface area contributed by atoms with Crippen LogP contribution in [-0.2, 0) is 0 Å². The Morgan fingerprint density at radius 1 is 1.27 bits per heavy atom. The van der Waals surface area contributed by atoms with Crippen molar-refractivity contribution in [2.24, 2.45) is 11.3 Å². The van der Waals surface area contributed by atoms with Crippen LogP contribution in [0.4, 0.5) is 0 Å². The molecule has 0 spiro atoms. The van der Waals surface area contributed by atoms with Gasteiger partial charge in [-0.3, -0.25) is 0 Å². The SMILES string of the molecule is CC[C@](C)(CC(C)C)[C@@H](C)S. The van der Waals surface area contributed by atoms with Gasteiger partial charge in [-0.15, -0.1) is 0 Å². The van der Waals surface area contributed by atoms with Crippen LogP contribution in [0.2, 0.25) is 0 Å². The number of hydrogen-bond donors (Lipinski definition) is 1. The fourth-order valence-corrected chi connectivity index (χ4v) is 1.83. The van der Waals surface area contributed by atoms with E-state index in [2.05, 4.69) is 47.2 Å². The Hall–Kier alpha value is 0.350. The second-order valence-corrected chi connectivity index (χ2v) is 5.06. The predicted molar refractivity (Wildman–Crippen MR) is 56.3 cm³/mol. The largest absolute Gasteiger partial charge is 0.176 e. The molecule has 1 heteroatoms. The second-order valence-electron chi connectivity index (χ2n) is 4.28. The molecule has 11 heavy (non-hydrogen) atoms. The van der Waals surface area contributed by atoms with Gasteiger partial charge in [0.1, 0.15) is 0 Å². The van der Waals surface area contributed by atoms with Crippen molar-refractivity contribution in [3.63, 3.8) is 0 Å². The summed E-state index contributed by atoms with van der Waals surface area (Å²) in [6.07, 6.45) is 2.52. The van der Waals surface area contributed by atoms with E-state index in [1.807, 2.05) is 0 Å². The average molecular weight is 174 g/mol. The average Bonchev–Trinajstić information content (AvgIpc) is 1.86. The Labute approximate surface area is 77.2 Å². The molecule has 0 saturated heterocycles. The summed E-state index contributed by atoms with van der Waals surface area (Å²) >= 11 is 4.53. The fourth-order valence-electron chi connectivity index (χ4n) is 1.54. The van der Waals surface area contributed by atoms with Crippen molar-refractivity contribution in [3.8, 4) is 0 Å². The molecule has 0 aromatic heterocycles. The summed E-state index contributed by atoms with van der Waals surface area (Å²) in [6.45, 7) is 11.4. The van der Waals surface area contributed by atoms with Crippen molar-refractivity contribution in [3.05, 3.63) is 0 Å². The standard InChI is InChI=1S/C10H22S/c1-6-10(5,9(4)11)7-8(2)3/h8-9,11H,6-7H2,1-5H3/t9-,10-/m1/s1. The lowest BCUT2D eigenvalue weighted by atomic mass is 9.77. The summed E-state index contributed by atoms with van der Waals surface area (Å²) in [6, 6.07) is 0. The van der Waals surface area contributed by atoms with E-state index in [1.54, 1.807) is 0 Å². The van der Waals surface area contributed by atoms with Crippen LogP contribution in [0.25, 0.3) is 0 Å². The van der Waals surface area contributed by atoms with Crippen molar-refractivity contribution in [2.75, 3.05) is 0 Å². The molecule has 0 rings (SSSR count). The van der Waals surface area contributed by atoms with Gasteiger partial charge in [-0.1, -0.05) is 34.6 Å². The minimum atomic E-state index is 0.428. The van der Waals surface area contributed by atoms with Crippen LogP contribution in [0.1, 0.15) is 47.5 Å². The normalized spacial score (nSPS) is 19.9. The van der Waals surface area contributed by atoms with Gasteiger partial charge in [0, 0.05) is 5.25 Å². The second kappa shape index (κ2) is 4.39. The Morgan fingerprint density at radius 2 is 1.73 bits per heavy atom. The Bertz CT molecular complexity index is 107. The third kappa shape index (κ3) is 3.50. The summed E-state index contributed by atoms with van der Waals surface area (Å²) in [5.41, 5.74) is 0.428. The van der Waals surface area contributed by atoms with Gasteiger partial charge in [0.25, 0.3) is 0 Å². The molecule has 0 N–H and O–H groups in total. The first-order chi connectivity index (χ1) is 4.92. The molecule has 0 aromatic rings. The van der Waals surface area contributed by atoms with E-state index in [1.165, 1.54) is 12.8 Å². The van der Waals surface area contributed by atoms with Crippen molar-refractivity contribution < 1.29 is 0 Å². The van der Waals surface area contributed by atoms with E-state index >= 15 is 0 Å². The van der Waals surface area contributed by atoms with Gasteiger partial charge in [-0.05, 0) is 24.2 Å². The molecule has 0 aliphatic rings. The third-order valence-electron chi connectivity index (χ3n) is 2.69. The maximum Gasteiger partial charge on any atom is 0.00423 e. The van der Waals surface area contributed by atoms with Gasteiger partial charge in [0.15, 0.2) is 0 Å². The van der Waals surface area contributed by atoms with Crippen LogP contribution in [0.3, 0.4) is 0 Å². The highest BCUT2D eigenvalue weighted by Gasteiger charge is 2.27. The first-order valence-corrected chi connectivity index (χ1v) is 5.12. The van der Waals surface area contributed by atoms with E-state index < -0.39 is 0 Å². The lowest BCUT2D eigenvalue weighted by Gasteiger charge is -2.33. The molecule has 0 saturated carbocycles. The highest BCUT2D eigenvalue weighted by atomic mass is 32.1. The first kappa shape index (κ1) is 11.4. The van der Waals surface area contributed by atoms with Crippen LogP contribution < -0.4 is 0 Å². The molecule has 0 aliphatic carbocycles. The van der Waals surface area contributed by atoms with Crippen molar-refractivity contribution in [2.45, 2.75) is 52.7 Å². The van der Waals surface area contributed by atoms with E-state index in [9.17, 15) is 0 Å². The van der Waals surface area contributed by atoms with Crippen molar-refractivity contribution in [1.82, 2.24) is 0 Å². The van der Waals surface area contributed by atoms with E-state index in [-0.39, 0.29) is 0 Å². The molecule has 0 amide bonds. The molecule has 0 heterocycles. The quantitative estimate of drug-likeness (QED) is 0.616. The molecule has 0 unspecified atom stereocenters. The Kier molecular flexibility index (Phi) is 4.53. The summed E-state index contributed by atoms with van der Waals surface area (Å²) in [5, 5.41) is 0.509. The third-order valence-corrected chi connectivity index (χ3v) is 3.31. The smallest absolute Gasteiger partial charge is 0.00423 e. The zero-order valence-electron chi connectivity index (χ0n) is 8.52. The molecule has 0 radical (unpaired) electrons. The highest BCUT2D eigenvalue weighted by Crippen LogP contribution is 2.35. The minimum Gasteiger partial charge on any atom is -0.176 e. The maximum absolute atomic E-state index is 4.53. The topological polar surface area (TPSA) is 0 Å². The summed E-state index contributed by atoms with van der Waals surface area (Å²) in [4.78, 5) is 0. The lowest BCUT2D eigenvalue weighted by molar-refractivity contribution is 0.246. The molecule has 68 valence electrons. The van der Waals surface area contributed by atoms with E-state index in [4.69, 9.17) is 0 Å². The van der Waals surface area contributed by atoms with Gasteiger partial charge < -0.3 is 0 Å². The van der Waals surface area contributed by atoms with Gasteiger partial charge >= 0.3 is 0 Å². The predicted octanol–water partition coefficient (Wildman–Crippen LogP) is 3.77. The van der Waals surface area contributed by atoms with Crippen LogP contribution in [0, 0.1) is 11.3 Å². The van der Waals surface area contributed by atoms with Crippen LogP contribution in [0.15, 0.2) is 0 Å². The van der Waals surface area contributed by atoms with Gasteiger partial charge in [-0.2, -0.15) is 12.6 Å². The van der Waals surface area contributed by atoms with Gasteiger partial charge in [-0.25, -0.2) is 0 Å². The molecule has 0 aliphatic heterocycles. The number of thiol groups is 1. The van der Waals surface area contributed by atoms with Gasteiger partial charge in [0.2, 0.25) is 0 Å². The molecule has 0 aromatic carbocycles. The van der Waals surface area contributed by atoms with Crippen LogP contribution in [-0.4, -0.2) is 5.25 Å². The van der Waals surface area contributed by atoms with Crippen LogP contribution in [0.5, 0.6) is 0 Å². The number of rotatable bonds is 4. The lowest BCUT2D eigenvalue weighted by Crippen LogP contribution is -2.27. The number of hydrogen-bond acceptors (Lipinski definition) is 1. The summed E-state index contributed by atoms with van der Waals surface area (Å²) in [5.74, 6) is 0.787. The summed E-state index contributed by atoms with van der Waals surface area (Å²) in [7, 11) is 0. The molecule has 0 bridgehead atoms. The van der Waals surface area contributed by atoms with Gasteiger partial charge in [0.05, 0.1) is 0 Å². The molecular weight excluding hydrogens is 152 g/mol. The van der Waals surface area contributed by atoms with Crippen molar-refractivity contribution >= 4 is 12.6 Å². The first-order valence-electron chi connectivity index (χ1n) is 4.60. The molecule has 0 nitrogen and oxygen atoms in total. The highest BCUT2D eigenvalue weighted by molar-refractivity contribution is 7.81. The van der Waals surface area contributed by atoms with E-state index in [0.717, 1.165) is 5.92 Å². The fraction of sp³-hybridized carbons (Fsp3) is 1.00. The molecular formula is C10H22S. The molecule has 2 atom stereocenters.